The first-order chi connectivity index (χ1) is 12.5. The number of nitrogens with one attached hydrogen (secondary N) is 1. The lowest BCUT2D eigenvalue weighted by Gasteiger charge is -2.41. The van der Waals surface area contributed by atoms with Crippen LogP contribution in [-0.4, -0.2) is 40.9 Å². The third kappa shape index (κ3) is 3.31. The lowest BCUT2D eigenvalue weighted by Crippen LogP contribution is -2.46. The number of aromatic nitrogens is 3. The van der Waals surface area contributed by atoms with Crippen molar-refractivity contribution in [2.75, 3.05) is 19.8 Å². The second kappa shape index (κ2) is 7.45. The van der Waals surface area contributed by atoms with Gasteiger partial charge in [-0.3, -0.25) is 14.3 Å². The van der Waals surface area contributed by atoms with E-state index in [4.69, 9.17) is 9.47 Å². The molecule has 2 atom stereocenters. The Kier molecular flexibility index (Phi) is 5.27. The first-order valence-electron chi connectivity index (χ1n) is 8.88. The number of carbonyl (C=O) groups is 1. The molecule has 0 spiro atoms. The summed E-state index contributed by atoms with van der Waals surface area (Å²) in [6.07, 6.45) is 4.66. The lowest BCUT2D eigenvalue weighted by atomic mass is 9.72. The summed E-state index contributed by atoms with van der Waals surface area (Å²) in [5.74, 6) is 0.382. The number of H-pyrrole nitrogens is 1. The first kappa shape index (κ1) is 18.4. The molecular weight excluding hydrogens is 334 g/mol. The normalized spacial score (nSPS) is 23.2. The minimum atomic E-state index is -0.346. The Morgan fingerprint density at radius 1 is 1.50 bits per heavy atom. The molecule has 0 aromatic carbocycles. The summed E-state index contributed by atoms with van der Waals surface area (Å²) >= 11 is 0. The van der Waals surface area contributed by atoms with Gasteiger partial charge in [-0.15, -0.1) is 0 Å². The molecule has 26 heavy (non-hydrogen) atoms. The molecule has 7 heteroatoms. The van der Waals surface area contributed by atoms with Crippen LogP contribution in [0.5, 0.6) is 5.88 Å². The van der Waals surface area contributed by atoms with Crippen LogP contribution in [0.2, 0.25) is 0 Å². The third-order valence-electron chi connectivity index (χ3n) is 5.16. The Bertz CT molecular complexity index is 826. The number of hydrogen-bond acceptors (Lipinski definition) is 5. The molecule has 0 radical (unpaired) electrons. The minimum Gasteiger partial charge on any atom is -0.478 e. The van der Waals surface area contributed by atoms with Crippen LogP contribution in [-0.2, 0) is 10.2 Å². The van der Waals surface area contributed by atoms with Crippen molar-refractivity contribution in [2.45, 2.75) is 38.6 Å². The zero-order valence-electron chi connectivity index (χ0n) is 15.4. The molecule has 1 fully saturated rings. The van der Waals surface area contributed by atoms with Gasteiger partial charge in [0.2, 0.25) is 5.88 Å². The number of hydrogen-bond donors (Lipinski definition) is 1. The molecule has 2 aromatic heterocycles. The molecule has 3 heterocycles. The number of pyridine rings is 1. The number of carbonyl (C=O) groups excluding carboxylic acids is 1. The van der Waals surface area contributed by atoms with E-state index in [-0.39, 0.29) is 34.2 Å². The average molecular weight is 359 g/mol. The van der Waals surface area contributed by atoms with Gasteiger partial charge in [0.05, 0.1) is 13.2 Å². The van der Waals surface area contributed by atoms with E-state index < -0.39 is 0 Å². The van der Waals surface area contributed by atoms with E-state index in [1.54, 1.807) is 0 Å². The van der Waals surface area contributed by atoms with Crippen LogP contribution in [0.4, 0.5) is 0 Å². The number of aromatic amines is 1. The van der Waals surface area contributed by atoms with Gasteiger partial charge in [-0.05, 0) is 26.3 Å². The lowest BCUT2D eigenvalue weighted by molar-refractivity contribution is -0.0181. The van der Waals surface area contributed by atoms with Gasteiger partial charge in [0, 0.05) is 48.1 Å². The quantitative estimate of drug-likeness (QED) is 0.800. The van der Waals surface area contributed by atoms with Crippen molar-refractivity contribution >= 4 is 6.29 Å². The topological polar surface area (TPSA) is 86.2 Å². The highest BCUT2D eigenvalue weighted by Crippen LogP contribution is 2.38. The van der Waals surface area contributed by atoms with Crippen molar-refractivity contribution in [3.63, 3.8) is 0 Å². The summed E-state index contributed by atoms with van der Waals surface area (Å²) in [5.41, 5.74) is 0.517. The second-order valence-corrected chi connectivity index (χ2v) is 7.22. The third-order valence-corrected chi connectivity index (χ3v) is 5.16. The predicted octanol–water partition coefficient (Wildman–Crippen LogP) is 2.34. The van der Waals surface area contributed by atoms with Crippen LogP contribution < -0.4 is 10.2 Å². The SMILES string of the molecule is CC(C)n1nccc1C1(C)COCCC1COc1[nH]ccc(=O)c1C=O. The molecule has 0 bridgehead atoms. The van der Waals surface area contributed by atoms with Gasteiger partial charge in [0.25, 0.3) is 0 Å². The van der Waals surface area contributed by atoms with E-state index >= 15 is 0 Å². The fraction of sp³-hybridized carbons (Fsp3) is 0.526. The smallest absolute Gasteiger partial charge is 0.205 e. The molecule has 0 aliphatic carbocycles. The van der Waals surface area contributed by atoms with Crippen LogP contribution in [0.3, 0.4) is 0 Å². The molecule has 140 valence electrons. The summed E-state index contributed by atoms with van der Waals surface area (Å²) in [4.78, 5) is 25.9. The van der Waals surface area contributed by atoms with E-state index in [1.807, 2.05) is 16.9 Å². The van der Waals surface area contributed by atoms with E-state index in [1.165, 1.54) is 12.3 Å². The summed E-state index contributed by atoms with van der Waals surface area (Å²) in [7, 11) is 0. The maximum absolute atomic E-state index is 11.8. The van der Waals surface area contributed by atoms with Gasteiger partial charge in [0.15, 0.2) is 11.7 Å². The molecule has 0 amide bonds. The van der Waals surface area contributed by atoms with Crippen molar-refractivity contribution < 1.29 is 14.3 Å². The minimum absolute atomic E-state index is 0.0217. The van der Waals surface area contributed by atoms with Gasteiger partial charge in [0.1, 0.15) is 5.56 Å². The fourth-order valence-corrected chi connectivity index (χ4v) is 3.56. The van der Waals surface area contributed by atoms with Crippen LogP contribution in [0.1, 0.15) is 49.3 Å². The molecule has 7 nitrogen and oxygen atoms in total. The average Bonchev–Trinajstić information content (AvgIpc) is 3.12. The first-order valence-corrected chi connectivity index (χ1v) is 8.88. The summed E-state index contributed by atoms with van der Waals surface area (Å²) in [6, 6.07) is 3.59. The predicted molar refractivity (Wildman–Crippen MR) is 96.8 cm³/mol. The Hall–Kier alpha value is -2.41. The monoisotopic (exact) mass is 359 g/mol. The molecule has 3 rings (SSSR count). The van der Waals surface area contributed by atoms with E-state index in [2.05, 4.69) is 30.9 Å². The highest BCUT2D eigenvalue weighted by molar-refractivity contribution is 5.77. The number of rotatable bonds is 6. The standard InChI is InChI=1S/C19H25N3O4/c1-13(2)22-17(5-8-21-22)19(3)12-25-9-6-14(19)11-26-18-15(10-23)16(24)4-7-20-18/h4-5,7-8,10,13-14H,6,9,11-12H2,1-3H3,(H,20,24). The van der Waals surface area contributed by atoms with Crippen LogP contribution >= 0.6 is 0 Å². The van der Waals surface area contributed by atoms with Gasteiger partial charge >= 0.3 is 0 Å². The van der Waals surface area contributed by atoms with Gasteiger partial charge < -0.3 is 14.5 Å². The molecule has 1 aliphatic rings. The number of nitrogens with zero attached hydrogens (tertiary/aromatic N) is 2. The Morgan fingerprint density at radius 3 is 3.04 bits per heavy atom. The fourth-order valence-electron chi connectivity index (χ4n) is 3.56. The van der Waals surface area contributed by atoms with Crippen molar-refractivity contribution in [3.8, 4) is 5.88 Å². The molecule has 2 unspecified atom stereocenters. The van der Waals surface area contributed by atoms with Crippen molar-refractivity contribution in [2.24, 2.45) is 5.92 Å². The van der Waals surface area contributed by atoms with Crippen molar-refractivity contribution in [1.82, 2.24) is 14.8 Å². The van der Waals surface area contributed by atoms with E-state index in [0.717, 1.165) is 12.1 Å². The van der Waals surface area contributed by atoms with Crippen molar-refractivity contribution in [1.29, 1.82) is 0 Å². The molecule has 2 aromatic rings. The van der Waals surface area contributed by atoms with Crippen molar-refractivity contribution in [3.05, 3.63) is 46.0 Å². The summed E-state index contributed by atoms with van der Waals surface area (Å²) in [5, 5.41) is 4.45. The zero-order chi connectivity index (χ0) is 18.7. The van der Waals surface area contributed by atoms with Gasteiger partial charge in [-0.2, -0.15) is 5.10 Å². The molecule has 1 aliphatic heterocycles. The number of aldehydes is 1. The Balaban J connectivity index is 1.86. The van der Waals surface area contributed by atoms with Gasteiger partial charge in [-0.25, -0.2) is 0 Å². The van der Waals surface area contributed by atoms with E-state index in [9.17, 15) is 9.59 Å². The molecular formula is C19H25N3O4. The second-order valence-electron chi connectivity index (χ2n) is 7.22. The van der Waals surface area contributed by atoms with Gasteiger partial charge in [-0.1, -0.05) is 6.92 Å². The highest BCUT2D eigenvalue weighted by Gasteiger charge is 2.42. The number of ether oxygens (including phenoxy) is 2. The van der Waals surface area contributed by atoms with Crippen LogP contribution in [0.25, 0.3) is 0 Å². The largest absolute Gasteiger partial charge is 0.478 e. The maximum atomic E-state index is 11.8. The summed E-state index contributed by atoms with van der Waals surface area (Å²) < 4.78 is 13.7. The maximum Gasteiger partial charge on any atom is 0.205 e. The highest BCUT2D eigenvalue weighted by atomic mass is 16.5. The molecule has 0 saturated carbocycles. The Morgan fingerprint density at radius 2 is 2.31 bits per heavy atom. The molecule has 1 N–H and O–H groups in total. The summed E-state index contributed by atoms with van der Waals surface area (Å²) in [6.45, 7) is 7.96. The van der Waals surface area contributed by atoms with Crippen LogP contribution in [0.15, 0.2) is 29.3 Å². The van der Waals surface area contributed by atoms with Crippen LogP contribution in [0, 0.1) is 5.92 Å². The Labute approximate surface area is 152 Å². The zero-order valence-corrected chi connectivity index (χ0v) is 15.4. The van der Waals surface area contributed by atoms with E-state index in [0.29, 0.717) is 26.1 Å². The molecule has 1 saturated heterocycles.